The molecule has 0 aliphatic carbocycles. The number of benzene rings is 1. The topological polar surface area (TPSA) is 91.5 Å². The normalized spacial score (nSPS) is 12.9. The second-order valence-corrected chi connectivity index (χ2v) is 8.56. The third-order valence-corrected chi connectivity index (χ3v) is 6.65. The van der Waals surface area contributed by atoms with E-state index in [-0.39, 0.29) is 0 Å². The van der Waals surface area contributed by atoms with Crippen molar-refractivity contribution in [2.75, 3.05) is 24.2 Å². The lowest BCUT2D eigenvalue weighted by Gasteiger charge is -2.09. The van der Waals surface area contributed by atoms with Gasteiger partial charge in [0.15, 0.2) is 6.61 Å². The molecule has 1 aromatic heterocycles. The Hall–Kier alpha value is -2.28. The number of aliphatic imine (C=N–C) groups is 1. The number of hydrogen-bond acceptors (Lipinski definition) is 8. The zero-order valence-electron chi connectivity index (χ0n) is 14.1. The summed E-state index contributed by atoms with van der Waals surface area (Å²) < 4.78 is 6.18. The van der Waals surface area contributed by atoms with Gasteiger partial charge in [-0.2, -0.15) is 5.26 Å². The summed E-state index contributed by atoms with van der Waals surface area (Å²) in [5, 5.41) is 13.7. The standard InChI is InChI=1S/C18H15N3O3S3/c19-9-12-5-7-25-16(12)21-15(22)10-24-17(23)14-4-2-1-3-13(14)11-27-18-20-6-8-26-18/h1-5,7H,6,8,10-11H2,(H,21,22). The number of rotatable bonds is 6. The van der Waals surface area contributed by atoms with Crippen LogP contribution >= 0.6 is 34.9 Å². The second kappa shape index (κ2) is 9.60. The molecular formula is C18H15N3O3S3. The molecule has 6 nitrogen and oxygen atoms in total. The van der Waals surface area contributed by atoms with E-state index in [2.05, 4.69) is 10.3 Å². The van der Waals surface area contributed by atoms with Crippen molar-refractivity contribution in [2.24, 2.45) is 4.99 Å². The van der Waals surface area contributed by atoms with Gasteiger partial charge in [0.05, 0.1) is 17.7 Å². The first-order valence-electron chi connectivity index (χ1n) is 8.00. The van der Waals surface area contributed by atoms with E-state index < -0.39 is 18.5 Å². The van der Waals surface area contributed by atoms with Crippen molar-refractivity contribution in [3.05, 3.63) is 52.4 Å². The van der Waals surface area contributed by atoms with Crippen LogP contribution in [0, 0.1) is 11.3 Å². The predicted octanol–water partition coefficient (Wildman–Crippen LogP) is 3.75. The smallest absolute Gasteiger partial charge is 0.338 e. The summed E-state index contributed by atoms with van der Waals surface area (Å²) in [6.07, 6.45) is 0. The highest BCUT2D eigenvalue weighted by molar-refractivity contribution is 8.38. The number of thioether (sulfide) groups is 2. The Morgan fingerprint density at radius 1 is 1.33 bits per heavy atom. The van der Waals surface area contributed by atoms with E-state index in [9.17, 15) is 9.59 Å². The molecule has 1 aliphatic heterocycles. The van der Waals surface area contributed by atoms with Gasteiger partial charge in [0.25, 0.3) is 5.91 Å². The summed E-state index contributed by atoms with van der Waals surface area (Å²) >= 11 is 4.56. The number of nitrogens with one attached hydrogen (secondary N) is 1. The molecule has 1 N–H and O–H groups in total. The number of esters is 1. The first-order chi connectivity index (χ1) is 13.2. The van der Waals surface area contributed by atoms with E-state index in [1.165, 1.54) is 11.3 Å². The van der Waals surface area contributed by atoms with Crippen LogP contribution in [0.4, 0.5) is 5.00 Å². The van der Waals surface area contributed by atoms with Gasteiger partial charge in [-0.1, -0.05) is 41.7 Å². The number of carbonyl (C=O) groups excluding carboxylic acids is 2. The third kappa shape index (κ3) is 5.35. The highest BCUT2D eigenvalue weighted by Gasteiger charge is 2.16. The number of anilines is 1. The quantitative estimate of drug-likeness (QED) is 0.720. The minimum absolute atomic E-state index is 0.384. The zero-order valence-corrected chi connectivity index (χ0v) is 16.6. The minimum Gasteiger partial charge on any atom is -0.452 e. The van der Waals surface area contributed by atoms with Gasteiger partial charge in [-0.3, -0.25) is 9.79 Å². The average Bonchev–Trinajstić information content (AvgIpc) is 3.36. The summed E-state index contributed by atoms with van der Waals surface area (Å²) in [6.45, 7) is 0.426. The molecule has 0 radical (unpaired) electrons. The lowest BCUT2D eigenvalue weighted by molar-refractivity contribution is -0.119. The number of nitrogens with zero attached hydrogens (tertiary/aromatic N) is 2. The van der Waals surface area contributed by atoms with Crippen LogP contribution in [0.5, 0.6) is 0 Å². The first-order valence-corrected chi connectivity index (χ1v) is 10.8. The highest BCUT2D eigenvalue weighted by atomic mass is 32.2. The van der Waals surface area contributed by atoms with E-state index in [1.807, 2.05) is 18.2 Å². The summed E-state index contributed by atoms with van der Waals surface area (Å²) in [6, 6.07) is 10.8. The van der Waals surface area contributed by atoms with E-state index in [0.717, 1.165) is 22.2 Å². The lowest BCUT2D eigenvalue weighted by Crippen LogP contribution is -2.21. The van der Waals surface area contributed by atoms with Crippen LogP contribution in [0.2, 0.25) is 0 Å². The van der Waals surface area contributed by atoms with Crippen molar-refractivity contribution in [3.63, 3.8) is 0 Å². The summed E-state index contributed by atoms with van der Waals surface area (Å²) in [7, 11) is 0. The van der Waals surface area contributed by atoms with Crippen molar-refractivity contribution >= 4 is 56.1 Å². The fourth-order valence-corrected chi connectivity index (χ4v) is 5.02. The molecule has 0 bridgehead atoms. The molecule has 0 spiro atoms. The van der Waals surface area contributed by atoms with E-state index in [1.54, 1.807) is 47.1 Å². The third-order valence-electron chi connectivity index (χ3n) is 3.52. The van der Waals surface area contributed by atoms with Crippen LogP contribution in [0.25, 0.3) is 0 Å². The van der Waals surface area contributed by atoms with E-state index in [4.69, 9.17) is 10.00 Å². The molecule has 9 heteroatoms. The molecule has 27 heavy (non-hydrogen) atoms. The van der Waals surface area contributed by atoms with Crippen molar-refractivity contribution in [1.29, 1.82) is 5.26 Å². The Bertz CT molecular complexity index is 918. The summed E-state index contributed by atoms with van der Waals surface area (Å²) in [5.74, 6) is 0.586. The molecule has 1 aromatic carbocycles. The van der Waals surface area contributed by atoms with Gasteiger partial charge < -0.3 is 10.1 Å². The number of amides is 1. The molecule has 0 saturated heterocycles. The predicted molar refractivity (Wildman–Crippen MR) is 110 cm³/mol. The molecule has 0 atom stereocenters. The lowest BCUT2D eigenvalue weighted by atomic mass is 10.1. The highest BCUT2D eigenvalue weighted by Crippen LogP contribution is 2.27. The molecule has 2 heterocycles. The van der Waals surface area contributed by atoms with Crippen molar-refractivity contribution in [2.45, 2.75) is 5.75 Å². The molecule has 0 saturated carbocycles. The molecule has 0 unspecified atom stereocenters. The minimum atomic E-state index is -0.547. The van der Waals surface area contributed by atoms with Gasteiger partial charge in [0.1, 0.15) is 15.4 Å². The first kappa shape index (κ1) is 19.5. The maximum Gasteiger partial charge on any atom is 0.338 e. The molecule has 138 valence electrons. The number of thiophene rings is 1. The van der Waals surface area contributed by atoms with Crippen LogP contribution in [0.1, 0.15) is 21.5 Å². The van der Waals surface area contributed by atoms with Gasteiger partial charge in [-0.15, -0.1) is 11.3 Å². The molecule has 2 aromatic rings. The van der Waals surface area contributed by atoms with Gasteiger partial charge in [0, 0.05) is 11.5 Å². The average molecular weight is 418 g/mol. The SMILES string of the molecule is N#Cc1ccsc1NC(=O)COC(=O)c1ccccc1CSC1=NCCS1. The number of ether oxygens (including phenoxy) is 1. The van der Waals surface area contributed by atoms with Crippen LogP contribution in [-0.2, 0) is 15.3 Å². The van der Waals surface area contributed by atoms with Crippen molar-refractivity contribution in [1.82, 2.24) is 0 Å². The number of carbonyl (C=O) groups is 2. The largest absolute Gasteiger partial charge is 0.452 e. The van der Waals surface area contributed by atoms with Gasteiger partial charge in [0.2, 0.25) is 0 Å². The molecular weight excluding hydrogens is 402 g/mol. The molecule has 1 aliphatic rings. The van der Waals surface area contributed by atoms with Crippen LogP contribution in [0.15, 0.2) is 40.7 Å². The number of nitriles is 1. The monoisotopic (exact) mass is 417 g/mol. The Balaban J connectivity index is 1.56. The van der Waals surface area contributed by atoms with Crippen LogP contribution in [0.3, 0.4) is 0 Å². The van der Waals surface area contributed by atoms with Gasteiger partial charge >= 0.3 is 5.97 Å². The zero-order chi connectivity index (χ0) is 19.1. The van der Waals surface area contributed by atoms with Crippen molar-refractivity contribution < 1.29 is 14.3 Å². The Morgan fingerprint density at radius 2 is 2.19 bits per heavy atom. The van der Waals surface area contributed by atoms with Crippen LogP contribution < -0.4 is 5.32 Å². The Kier molecular flexibility index (Phi) is 6.92. The Morgan fingerprint density at radius 3 is 2.96 bits per heavy atom. The van der Waals surface area contributed by atoms with Gasteiger partial charge in [-0.05, 0) is 23.1 Å². The molecule has 0 fully saturated rings. The second-order valence-electron chi connectivity index (χ2n) is 5.34. The van der Waals surface area contributed by atoms with E-state index in [0.29, 0.717) is 21.9 Å². The van der Waals surface area contributed by atoms with Crippen molar-refractivity contribution in [3.8, 4) is 6.07 Å². The maximum atomic E-state index is 12.4. The van der Waals surface area contributed by atoms with Crippen LogP contribution in [-0.4, -0.2) is 35.2 Å². The number of hydrogen-bond donors (Lipinski definition) is 1. The van der Waals surface area contributed by atoms with Gasteiger partial charge in [-0.25, -0.2) is 4.79 Å². The Labute approximate surface area is 169 Å². The molecule has 3 rings (SSSR count). The molecule has 1 amide bonds. The maximum absolute atomic E-state index is 12.4. The fourth-order valence-electron chi connectivity index (χ4n) is 2.25. The summed E-state index contributed by atoms with van der Waals surface area (Å²) in [4.78, 5) is 28.8. The summed E-state index contributed by atoms with van der Waals surface area (Å²) in [5.41, 5.74) is 1.66. The fraction of sp³-hybridized carbons (Fsp3) is 0.222. The van der Waals surface area contributed by atoms with E-state index >= 15 is 0 Å².